The minimum atomic E-state index is -1.25. The van der Waals surface area contributed by atoms with Crippen molar-refractivity contribution in [1.29, 1.82) is 10.5 Å². The highest BCUT2D eigenvalue weighted by atomic mass is 16.4. The molecule has 4 radical (unpaired) electrons. The van der Waals surface area contributed by atoms with Gasteiger partial charge in [0.1, 0.15) is 55.8 Å². The van der Waals surface area contributed by atoms with Crippen LogP contribution in [0, 0.1) is 22.7 Å². The Labute approximate surface area is 286 Å². The molecule has 0 saturated carbocycles. The maximum absolute atomic E-state index is 10.8. The SMILES string of the molecule is [B]c1c([B])c(O)c(-c2nc(-c3cccc(-c4ccc5c(c4)oc4c(C#N)nc(C#N)nc45)c3)nc(-c3c(O)c(O)c(O)c(O)c3O)n2)c(O)c1O. The van der Waals surface area contributed by atoms with Gasteiger partial charge in [0, 0.05) is 10.9 Å². The zero-order chi connectivity index (χ0) is 36.5. The van der Waals surface area contributed by atoms with Crippen molar-refractivity contribution in [1.82, 2.24) is 24.9 Å². The Hall–Kier alpha value is -7.72. The molecule has 16 nitrogen and oxygen atoms in total. The highest BCUT2D eigenvalue weighted by Crippen LogP contribution is 2.54. The van der Waals surface area contributed by atoms with E-state index in [-0.39, 0.29) is 34.0 Å². The van der Waals surface area contributed by atoms with Crippen LogP contribution in [0.3, 0.4) is 0 Å². The van der Waals surface area contributed by atoms with Crippen LogP contribution in [0.5, 0.6) is 46.0 Å². The number of fused-ring (bicyclic) bond motifs is 3. The number of phenolic OH excluding ortho intramolecular Hbond substituents is 8. The quantitative estimate of drug-likeness (QED) is 0.0754. The first-order valence-electron chi connectivity index (χ1n) is 14.3. The molecule has 0 aliphatic carbocycles. The van der Waals surface area contributed by atoms with Crippen molar-refractivity contribution in [2.45, 2.75) is 0 Å². The highest BCUT2D eigenvalue weighted by Gasteiger charge is 2.29. The molecule has 0 saturated heterocycles. The molecule has 3 heterocycles. The molecule has 0 unspecified atom stereocenters. The van der Waals surface area contributed by atoms with E-state index in [0.29, 0.717) is 22.1 Å². The van der Waals surface area contributed by atoms with E-state index < -0.39 is 79.7 Å². The maximum Gasteiger partial charge on any atom is 0.234 e. The highest BCUT2D eigenvalue weighted by molar-refractivity contribution is 6.51. The van der Waals surface area contributed by atoms with Crippen molar-refractivity contribution in [3.63, 3.8) is 0 Å². The van der Waals surface area contributed by atoms with Crippen molar-refractivity contribution in [3.05, 3.63) is 54.0 Å². The lowest BCUT2D eigenvalue weighted by Gasteiger charge is -2.16. The van der Waals surface area contributed by atoms with Crippen molar-refractivity contribution >= 4 is 48.7 Å². The summed E-state index contributed by atoms with van der Waals surface area (Å²) in [6.45, 7) is 0. The third kappa shape index (κ3) is 4.82. The minimum Gasteiger partial charge on any atom is -0.508 e. The Kier molecular flexibility index (Phi) is 7.16. The maximum atomic E-state index is 10.8. The molecule has 0 amide bonds. The molecular weight excluding hydrogens is 660 g/mol. The van der Waals surface area contributed by atoms with Gasteiger partial charge in [-0.05, 0) is 29.3 Å². The number of rotatable bonds is 4. The number of benzene rings is 4. The molecule has 0 aliphatic rings. The van der Waals surface area contributed by atoms with Crippen LogP contribution < -0.4 is 10.9 Å². The van der Waals surface area contributed by atoms with Gasteiger partial charge in [-0.25, -0.2) is 24.9 Å². The summed E-state index contributed by atoms with van der Waals surface area (Å²) in [4.78, 5) is 20.8. The van der Waals surface area contributed by atoms with E-state index in [9.17, 15) is 51.4 Å². The fraction of sp³-hybridized carbons (Fsp3) is 0. The van der Waals surface area contributed by atoms with Crippen LogP contribution >= 0.6 is 0 Å². The Balaban J connectivity index is 1.45. The summed E-state index contributed by atoms with van der Waals surface area (Å²) in [7, 11) is 11.5. The Morgan fingerprint density at radius 3 is 1.75 bits per heavy atom. The molecule has 242 valence electrons. The Morgan fingerprint density at radius 1 is 0.549 bits per heavy atom. The number of nitriles is 2. The van der Waals surface area contributed by atoms with Gasteiger partial charge in [0.2, 0.25) is 23.1 Å². The van der Waals surface area contributed by atoms with E-state index >= 15 is 0 Å². The molecule has 7 rings (SSSR count). The number of aromatic hydroxyl groups is 8. The van der Waals surface area contributed by atoms with Crippen LogP contribution in [0.1, 0.15) is 11.5 Å². The molecule has 51 heavy (non-hydrogen) atoms. The first-order chi connectivity index (χ1) is 24.3. The smallest absolute Gasteiger partial charge is 0.234 e. The van der Waals surface area contributed by atoms with E-state index in [2.05, 4.69) is 24.9 Å². The normalized spacial score (nSPS) is 11.1. The second-order valence-electron chi connectivity index (χ2n) is 10.9. The van der Waals surface area contributed by atoms with Crippen LogP contribution in [0.25, 0.3) is 67.4 Å². The number of furan rings is 1. The average Bonchev–Trinajstić information content (AvgIpc) is 3.52. The van der Waals surface area contributed by atoms with E-state index in [4.69, 9.17) is 20.1 Å². The van der Waals surface area contributed by atoms with E-state index in [1.807, 2.05) is 12.1 Å². The van der Waals surface area contributed by atoms with Gasteiger partial charge in [0.25, 0.3) is 0 Å². The summed E-state index contributed by atoms with van der Waals surface area (Å²) in [5, 5.41) is 103. The fourth-order valence-corrected chi connectivity index (χ4v) is 5.37. The molecule has 0 spiro atoms. The minimum absolute atomic E-state index is 0.0984. The summed E-state index contributed by atoms with van der Waals surface area (Å²) in [5.41, 5.74) is -0.576. The Bertz CT molecular complexity index is 2610. The van der Waals surface area contributed by atoms with Gasteiger partial charge < -0.3 is 45.3 Å². The van der Waals surface area contributed by atoms with Gasteiger partial charge in [-0.3, -0.25) is 0 Å². The number of phenols is 8. The molecule has 0 atom stereocenters. The van der Waals surface area contributed by atoms with Crippen molar-refractivity contribution in [3.8, 4) is 103 Å². The summed E-state index contributed by atoms with van der Waals surface area (Å²) in [6.07, 6.45) is 0. The molecule has 0 fully saturated rings. The monoisotopic (exact) mass is 675 g/mol. The van der Waals surface area contributed by atoms with Crippen LogP contribution in [-0.4, -0.2) is 81.5 Å². The average molecular weight is 675 g/mol. The summed E-state index contributed by atoms with van der Waals surface area (Å²) in [6, 6.07) is 15.2. The fourth-order valence-electron chi connectivity index (χ4n) is 5.37. The number of hydrogen-bond donors (Lipinski definition) is 8. The third-order valence-corrected chi connectivity index (χ3v) is 7.93. The van der Waals surface area contributed by atoms with Crippen LogP contribution in [0.4, 0.5) is 0 Å². The molecule has 0 bridgehead atoms. The molecule has 8 N–H and O–H groups in total. The summed E-state index contributed by atoms with van der Waals surface area (Å²) in [5.74, 6) is -10.5. The standard InChI is InChI=1S/C33H15B2N7O9/c34-19-20(35)26(47)23(44)17(22(19)43)32-40-31(41-33(42-32)18-24(45)27(48)29(50)28(49)25(18)46)12-3-1-2-10(6-12)11-4-5-13-15(7-11)51-30-14(8-36)38-16(9-37)39-21(13)30/h1-7,43-50H. The first kappa shape index (κ1) is 31.9. The Morgan fingerprint density at radius 2 is 1.10 bits per heavy atom. The lowest BCUT2D eigenvalue weighted by molar-refractivity contribution is 0.329. The zero-order valence-electron chi connectivity index (χ0n) is 25.3. The van der Waals surface area contributed by atoms with E-state index in [1.54, 1.807) is 42.5 Å². The molecule has 18 heteroatoms. The van der Waals surface area contributed by atoms with Crippen molar-refractivity contribution < 1.29 is 45.3 Å². The van der Waals surface area contributed by atoms with Gasteiger partial charge in [-0.2, -0.15) is 10.5 Å². The lowest BCUT2D eigenvalue weighted by Crippen LogP contribution is -2.26. The van der Waals surface area contributed by atoms with Crippen LogP contribution in [0.2, 0.25) is 0 Å². The molecule has 4 aromatic carbocycles. The van der Waals surface area contributed by atoms with Crippen LogP contribution in [-0.2, 0) is 0 Å². The van der Waals surface area contributed by atoms with E-state index in [1.165, 1.54) is 0 Å². The second-order valence-corrected chi connectivity index (χ2v) is 10.9. The zero-order valence-corrected chi connectivity index (χ0v) is 25.3. The van der Waals surface area contributed by atoms with Gasteiger partial charge in [0.05, 0.1) is 0 Å². The van der Waals surface area contributed by atoms with Crippen molar-refractivity contribution in [2.24, 2.45) is 0 Å². The molecule has 0 aliphatic heterocycles. The summed E-state index contributed by atoms with van der Waals surface area (Å²) >= 11 is 0. The predicted octanol–water partition coefficient (Wildman–Crippen LogP) is 2.20. The molecular formula is C33H15B2N7O9. The topological polar surface area (TPSA) is 287 Å². The van der Waals surface area contributed by atoms with Gasteiger partial charge >= 0.3 is 0 Å². The van der Waals surface area contributed by atoms with Gasteiger partial charge in [-0.15, -0.1) is 0 Å². The second kappa shape index (κ2) is 11.5. The van der Waals surface area contributed by atoms with Gasteiger partial charge in [0.15, 0.2) is 51.7 Å². The first-order valence-corrected chi connectivity index (χ1v) is 14.3. The number of hydrogen-bond acceptors (Lipinski definition) is 16. The number of nitrogens with zero attached hydrogens (tertiary/aromatic N) is 7. The molecule has 3 aromatic heterocycles. The largest absolute Gasteiger partial charge is 0.508 e. The summed E-state index contributed by atoms with van der Waals surface area (Å²) < 4.78 is 5.90. The number of aromatic nitrogens is 5. The van der Waals surface area contributed by atoms with Gasteiger partial charge in [-0.1, -0.05) is 35.2 Å². The van der Waals surface area contributed by atoms with E-state index in [0.717, 1.165) is 0 Å². The molecule has 7 aromatic rings. The third-order valence-electron chi connectivity index (χ3n) is 7.93. The lowest BCUT2D eigenvalue weighted by atomic mass is 9.77. The van der Waals surface area contributed by atoms with Crippen LogP contribution in [0.15, 0.2) is 46.9 Å². The predicted molar refractivity (Wildman–Crippen MR) is 178 cm³/mol. The van der Waals surface area contributed by atoms with Crippen molar-refractivity contribution in [2.75, 3.05) is 0 Å².